The number of ketones is 2. The highest BCUT2D eigenvalue weighted by Crippen LogP contribution is 2.10. The number of ether oxygens (including phenoxy) is 2. The van der Waals surface area contributed by atoms with Crippen molar-refractivity contribution in [3.05, 3.63) is 0 Å². The highest BCUT2D eigenvalue weighted by atomic mass is 16.6. The summed E-state index contributed by atoms with van der Waals surface area (Å²) in [6.07, 6.45) is -1.06. The minimum absolute atomic E-state index is 0. The molecule has 0 aromatic carbocycles. The van der Waals surface area contributed by atoms with Crippen LogP contribution in [0.25, 0.3) is 0 Å². The molecule has 7 nitrogen and oxygen atoms in total. The second-order valence-corrected chi connectivity index (χ2v) is 2.34. The monoisotopic (exact) mass is 233 g/mol. The molecule has 1 aliphatic rings. The van der Waals surface area contributed by atoms with Crippen LogP contribution in [0.5, 0.6) is 0 Å². The van der Waals surface area contributed by atoms with E-state index in [0.717, 1.165) is 0 Å². The quantitative estimate of drug-likeness (QED) is 0.281. The Bertz CT molecular complexity index is 275. The van der Waals surface area contributed by atoms with Crippen LogP contribution in [0.4, 0.5) is 0 Å². The molecule has 1 atom stereocenters. The van der Waals surface area contributed by atoms with Crippen LogP contribution in [-0.4, -0.2) is 43.8 Å². The lowest BCUT2D eigenvalue weighted by Crippen LogP contribution is -2.21. The number of hydrogen-bond acceptors (Lipinski definition) is 7. The van der Waals surface area contributed by atoms with Crippen LogP contribution in [0.15, 0.2) is 0 Å². The highest BCUT2D eigenvalue weighted by molar-refractivity contribution is 6.65. The molecule has 0 radical (unpaired) electrons. The van der Waals surface area contributed by atoms with Crippen molar-refractivity contribution >= 4 is 24.0 Å². The average Bonchev–Trinajstić information content (AvgIpc) is 2.50. The normalized spacial score (nSPS) is 17.9. The molecule has 0 aromatic rings. The largest absolute Gasteiger partial charge is 0.468 e. The predicted molar refractivity (Wildman–Crippen MR) is 53.4 cm³/mol. The lowest BCUT2D eigenvalue weighted by atomic mass is 10.1. The summed E-state index contributed by atoms with van der Waals surface area (Å²) < 4.78 is 8.68. The smallest absolute Gasteiger partial charge is 0.383 e. The molecule has 1 unspecified atom stereocenters. The zero-order chi connectivity index (χ0) is 11.8. The van der Waals surface area contributed by atoms with Crippen molar-refractivity contribution in [1.29, 1.82) is 0 Å². The first kappa shape index (κ1) is 16.7. The maximum atomic E-state index is 10.9. The van der Waals surface area contributed by atoms with E-state index < -0.39 is 23.6 Å². The van der Waals surface area contributed by atoms with Gasteiger partial charge in [0.15, 0.2) is 6.10 Å². The van der Waals surface area contributed by atoms with E-state index in [2.05, 4.69) is 15.2 Å². The Morgan fingerprint density at radius 2 is 1.94 bits per heavy atom. The summed E-state index contributed by atoms with van der Waals surface area (Å²) in [5.74, 6) is -3.16. The molecular weight excluding hydrogens is 218 g/mol. The van der Waals surface area contributed by atoms with Gasteiger partial charge in [0.05, 0.1) is 6.61 Å². The van der Waals surface area contributed by atoms with Crippen molar-refractivity contribution in [2.24, 2.45) is 5.73 Å². The van der Waals surface area contributed by atoms with E-state index in [9.17, 15) is 19.2 Å². The summed E-state index contributed by atoms with van der Waals surface area (Å²) in [5, 5.41) is 0. The van der Waals surface area contributed by atoms with Crippen molar-refractivity contribution in [3.8, 4) is 0 Å². The van der Waals surface area contributed by atoms with Gasteiger partial charge in [-0.1, -0.05) is 7.43 Å². The zero-order valence-corrected chi connectivity index (χ0v) is 8.10. The van der Waals surface area contributed by atoms with Crippen molar-refractivity contribution in [2.45, 2.75) is 20.0 Å². The Labute approximate surface area is 92.9 Å². The molecule has 2 N–H and O–H groups in total. The lowest BCUT2D eigenvalue weighted by Gasteiger charge is -2.04. The number of esters is 1. The summed E-state index contributed by atoms with van der Waals surface area (Å²) in [7, 11) is 1.50. The van der Waals surface area contributed by atoms with Gasteiger partial charge in [-0.05, 0) is 7.05 Å². The molecule has 0 aliphatic carbocycles. The van der Waals surface area contributed by atoms with E-state index in [0.29, 0.717) is 0 Å². The number of carbonyl (C=O) groups is 4. The fraction of sp³-hybridized carbons (Fsp3) is 0.556. The molecule has 7 heteroatoms. The van der Waals surface area contributed by atoms with Gasteiger partial charge in [0.1, 0.15) is 0 Å². The Hall–Kier alpha value is -1.76. The molecule has 0 saturated carbocycles. The topological polar surface area (TPSA) is 113 Å². The van der Waals surface area contributed by atoms with Crippen LogP contribution >= 0.6 is 0 Å². The van der Waals surface area contributed by atoms with E-state index in [-0.39, 0.29) is 26.9 Å². The minimum Gasteiger partial charge on any atom is -0.468 e. The van der Waals surface area contributed by atoms with Crippen molar-refractivity contribution < 1.29 is 28.7 Å². The van der Waals surface area contributed by atoms with Gasteiger partial charge < -0.3 is 15.2 Å². The molecule has 1 fully saturated rings. The van der Waals surface area contributed by atoms with Crippen LogP contribution in [0.3, 0.4) is 0 Å². The van der Waals surface area contributed by atoms with Crippen LogP contribution in [0.1, 0.15) is 13.8 Å². The standard InChI is InChI=1S/C7H6O6.CH5N.CH4/c8-3-12-2-1-4-5(9)6(10)7(11)13-4;1-2;/h3-4H,1-2H2;2H2,1H3;1H4. The van der Waals surface area contributed by atoms with E-state index in [4.69, 9.17) is 0 Å². The molecule has 1 rings (SSSR count). The van der Waals surface area contributed by atoms with Gasteiger partial charge in [-0.3, -0.25) is 14.4 Å². The van der Waals surface area contributed by atoms with Gasteiger partial charge in [-0.15, -0.1) is 0 Å². The summed E-state index contributed by atoms with van der Waals surface area (Å²) in [5.41, 5.74) is 4.50. The Balaban J connectivity index is 0. The summed E-state index contributed by atoms with van der Waals surface area (Å²) in [4.78, 5) is 41.7. The molecule has 92 valence electrons. The third-order valence-corrected chi connectivity index (χ3v) is 1.52. The third kappa shape index (κ3) is 4.18. The number of cyclic esters (lactones) is 1. The van der Waals surface area contributed by atoms with E-state index in [1.807, 2.05) is 0 Å². The minimum atomic E-state index is -1.14. The first-order chi connectivity index (χ1) is 7.16. The lowest BCUT2D eigenvalue weighted by molar-refractivity contribution is -0.149. The maximum absolute atomic E-state index is 10.9. The second-order valence-electron chi connectivity index (χ2n) is 2.34. The van der Waals surface area contributed by atoms with E-state index >= 15 is 0 Å². The van der Waals surface area contributed by atoms with Gasteiger partial charge >= 0.3 is 11.8 Å². The summed E-state index contributed by atoms with van der Waals surface area (Å²) >= 11 is 0. The SMILES string of the molecule is C.CN.O=COCCC1OC(=O)C(=O)C1=O. The van der Waals surface area contributed by atoms with Crippen LogP contribution in [0.2, 0.25) is 0 Å². The number of carbonyl (C=O) groups excluding carboxylic acids is 4. The molecule has 1 aliphatic heterocycles. The van der Waals surface area contributed by atoms with Crippen LogP contribution in [0, 0.1) is 0 Å². The molecule has 1 saturated heterocycles. The highest BCUT2D eigenvalue weighted by Gasteiger charge is 2.41. The Morgan fingerprint density at radius 3 is 2.31 bits per heavy atom. The number of nitrogens with two attached hydrogens (primary N) is 1. The molecule has 1 heterocycles. The van der Waals surface area contributed by atoms with E-state index in [1.54, 1.807) is 0 Å². The first-order valence-corrected chi connectivity index (χ1v) is 4.09. The van der Waals surface area contributed by atoms with E-state index in [1.165, 1.54) is 7.05 Å². The first-order valence-electron chi connectivity index (χ1n) is 4.09. The fourth-order valence-electron chi connectivity index (χ4n) is 0.896. The number of hydrogen-bond donors (Lipinski definition) is 1. The van der Waals surface area contributed by atoms with Crippen molar-refractivity contribution in [1.82, 2.24) is 0 Å². The zero-order valence-electron chi connectivity index (χ0n) is 8.10. The maximum Gasteiger partial charge on any atom is 0.383 e. The molecule has 0 amide bonds. The van der Waals surface area contributed by atoms with Crippen molar-refractivity contribution in [2.75, 3.05) is 13.7 Å². The van der Waals surface area contributed by atoms with Gasteiger partial charge in [0.25, 0.3) is 12.3 Å². The molecule has 16 heavy (non-hydrogen) atoms. The van der Waals surface area contributed by atoms with Gasteiger partial charge in [0, 0.05) is 6.42 Å². The van der Waals surface area contributed by atoms with Gasteiger partial charge in [0.2, 0.25) is 0 Å². The Morgan fingerprint density at radius 1 is 1.38 bits per heavy atom. The van der Waals surface area contributed by atoms with Crippen LogP contribution < -0.4 is 5.73 Å². The fourth-order valence-corrected chi connectivity index (χ4v) is 0.896. The second kappa shape index (κ2) is 8.54. The molecule has 0 aromatic heterocycles. The summed E-state index contributed by atoms with van der Waals surface area (Å²) in [6, 6.07) is 0. The van der Waals surface area contributed by atoms with Crippen LogP contribution in [-0.2, 0) is 28.7 Å². The van der Waals surface area contributed by atoms with Crippen molar-refractivity contribution in [3.63, 3.8) is 0 Å². The number of Topliss-reactive ketones (excluding diaryl/α,β-unsaturated/α-hetero) is 2. The number of rotatable bonds is 4. The average molecular weight is 233 g/mol. The molecule has 0 spiro atoms. The summed E-state index contributed by atoms with van der Waals surface area (Å²) in [6.45, 7) is 0.156. The Kier molecular flexibility index (Phi) is 8.89. The van der Waals surface area contributed by atoms with Gasteiger partial charge in [-0.25, -0.2) is 4.79 Å². The predicted octanol–water partition coefficient (Wildman–Crippen LogP) is -1.18. The van der Waals surface area contributed by atoms with Gasteiger partial charge in [-0.2, -0.15) is 0 Å². The molecular formula is C9H15NO6. The molecule has 0 bridgehead atoms. The third-order valence-electron chi connectivity index (χ3n) is 1.52.